The van der Waals surface area contributed by atoms with E-state index in [-0.39, 0.29) is 11.1 Å². The van der Waals surface area contributed by atoms with E-state index >= 15 is 0 Å². The minimum Gasteiger partial charge on any atom is -0.478 e. The van der Waals surface area contributed by atoms with Crippen molar-refractivity contribution in [2.24, 2.45) is 5.10 Å². The number of nitrogens with zero attached hydrogens (tertiary/aromatic N) is 2. The first-order valence-electron chi connectivity index (χ1n) is 7.71. The molecule has 124 valence electrons. The summed E-state index contributed by atoms with van der Waals surface area (Å²) in [5.74, 6) is -1.10. The van der Waals surface area contributed by atoms with E-state index < -0.39 is 5.97 Å². The Bertz CT molecular complexity index is 1050. The number of aromatic carboxylic acids is 1. The second-order valence-electron chi connectivity index (χ2n) is 5.59. The van der Waals surface area contributed by atoms with Crippen LogP contribution in [0.25, 0.3) is 16.8 Å². The van der Waals surface area contributed by atoms with Gasteiger partial charge in [0.15, 0.2) is 0 Å². The van der Waals surface area contributed by atoms with Gasteiger partial charge >= 0.3 is 5.97 Å². The van der Waals surface area contributed by atoms with E-state index in [0.717, 1.165) is 15.8 Å². The Morgan fingerprint density at radius 1 is 1.04 bits per heavy atom. The van der Waals surface area contributed by atoms with Gasteiger partial charge in [0.25, 0.3) is 5.56 Å². The Morgan fingerprint density at radius 2 is 1.68 bits per heavy atom. The molecule has 5 nitrogen and oxygen atoms in total. The number of rotatable bonds is 4. The molecule has 3 rings (SSSR count). The molecule has 0 fully saturated rings. The lowest BCUT2D eigenvalue weighted by molar-refractivity contribution is 0.0698. The SMILES string of the molecule is CC(/C=N/n1cc(C(=O)O)c2ccccc2c1=O)=C\c1ccccc1. The fraction of sp³-hybridized carbons (Fsp3) is 0.0500. The number of aromatic nitrogens is 1. The molecule has 0 saturated carbocycles. The second-order valence-corrected chi connectivity index (χ2v) is 5.59. The minimum absolute atomic E-state index is 0.0389. The molecule has 0 radical (unpaired) electrons. The van der Waals surface area contributed by atoms with Gasteiger partial charge in [-0.1, -0.05) is 54.6 Å². The van der Waals surface area contributed by atoms with Crippen LogP contribution in [0.3, 0.4) is 0 Å². The molecule has 25 heavy (non-hydrogen) atoms. The van der Waals surface area contributed by atoms with Crippen LogP contribution in [0.2, 0.25) is 0 Å². The first-order chi connectivity index (χ1) is 12.1. The first kappa shape index (κ1) is 16.4. The topological polar surface area (TPSA) is 71.7 Å². The van der Waals surface area contributed by atoms with Crippen molar-refractivity contribution in [3.63, 3.8) is 0 Å². The summed E-state index contributed by atoms with van der Waals surface area (Å²) in [6.45, 7) is 1.86. The third-order valence-corrected chi connectivity index (χ3v) is 3.72. The van der Waals surface area contributed by atoms with Gasteiger partial charge < -0.3 is 5.11 Å². The summed E-state index contributed by atoms with van der Waals surface area (Å²) in [4.78, 5) is 24.0. The van der Waals surface area contributed by atoms with Crippen molar-refractivity contribution in [2.45, 2.75) is 6.92 Å². The molecule has 2 aromatic carbocycles. The lowest BCUT2D eigenvalue weighted by Crippen LogP contribution is -2.19. The number of carbonyl (C=O) groups is 1. The van der Waals surface area contributed by atoms with Gasteiger partial charge in [0.1, 0.15) is 0 Å². The number of fused-ring (bicyclic) bond motifs is 1. The molecule has 0 amide bonds. The number of allylic oxidation sites excluding steroid dienone is 1. The number of benzene rings is 2. The third kappa shape index (κ3) is 3.55. The molecule has 0 saturated heterocycles. The molecule has 1 aromatic heterocycles. The lowest BCUT2D eigenvalue weighted by Gasteiger charge is -2.05. The Labute approximate surface area is 144 Å². The van der Waals surface area contributed by atoms with E-state index in [4.69, 9.17) is 0 Å². The van der Waals surface area contributed by atoms with Crippen LogP contribution in [0, 0.1) is 0 Å². The van der Waals surface area contributed by atoms with Crippen molar-refractivity contribution in [1.82, 2.24) is 4.68 Å². The number of carboxylic acid groups (broad SMARTS) is 1. The maximum Gasteiger partial charge on any atom is 0.337 e. The van der Waals surface area contributed by atoms with E-state index in [1.165, 1.54) is 12.4 Å². The van der Waals surface area contributed by atoms with Gasteiger partial charge in [-0.3, -0.25) is 4.79 Å². The van der Waals surface area contributed by atoms with Crippen LogP contribution in [-0.4, -0.2) is 22.0 Å². The zero-order valence-electron chi connectivity index (χ0n) is 13.6. The number of pyridine rings is 1. The number of hydrogen-bond donors (Lipinski definition) is 1. The molecule has 1 heterocycles. The largest absolute Gasteiger partial charge is 0.478 e. The Kier molecular flexibility index (Phi) is 4.57. The number of carboxylic acids is 1. The van der Waals surface area contributed by atoms with Gasteiger partial charge in [-0.2, -0.15) is 5.10 Å². The summed E-state index contributed by atoms with van der Waals surface area (Å²) in [5, 5.41) is 14.3. The molecule has 0 unspecified atom stereocenters. The average molecular weight is 332 g/mol. The van der Waals surface area contributed by atoms with Crippen LogP contribution >= 0.6 is 0 Å². The minimum atomic E-state index is -1.10. The summed E-state index contributed by atoms with van der Waals surface area (Å²) < 4.78 is 1.06. The van der Waals surface area contributed by atoms with Crippen LogP contribution in [0.4, 0.5) is 0 Å². The van der Waals surface area contributed by atoms with Crippen LogP contribution in [0.5, 0.6) is 0 Å². The van der Waals surface area contributed by atoms with Crippen molar-refractivity contribution >= 4 is 29.0 Å². The van der Waals surface area contributed by atoms with Crippen LogP contribution in [0.1, 0.15) is 22.8 Å². The van der Waals surface area contributed by atoms with Gasteiger partial charge in [0, 0.05) is 17.0 Å². The van der Waals surface area contributed by atoms with Gasteiger partial charge in [-0.15, -0.1) is 0 Å². The smallest absolute Gasteiger partial charge is 0.337 e. The summed E-state index contributed by atoms with van der Waals surface area (Å²) in [6.07, 6.45) is 4.71. The highest BCUT2D eigenvalue weighted by Crippen LogP contribution is 2.15. The standard InChI is InChI=1S/C20H16N2O3/c1-14(11-15-7-3-2-4-8-15)12-21-22-13-18(20(24)25)16-9-5-6-10-17(16)19(22)23/h2-13H,1H3,(H,24,25)/b14-11+,21-12+. The Balaban J connectivity index is 2.04. The monoisotopic (exact) mass is 332 g/mol. The van der Waals surface area contributed by atoms with E-state index in [1.54, 1.807) is 24.3 Å². The third-order valence-electron chi connectivity index (χ3n) is 3.72. The maximum atomic E-state index is 12.5. The maximum absolute atomic E-state index is 12.5. The van der Waals surface area contributed by atoms with E-state index in [2.05, 4.69) is 5.10 Å². The molecule has 0 atom stereocenters. The van der Waals surface area contributed by atoms with Gasteiger partial charge in [0.05, 0.1) is 11.8 Å². The highest BCUT2D eigenvalue weighted by molar-refractivity contribution is 6.03. The molecule has 3 aromatic rings. The molecule has 0 aliphatic carbocycles. The molecule has 0 bridgehead atoms. The normalized spacial score (nSPS) is 12.0. The van der Waals surface area contributed by atoms with Gasteiger partial charge in [0.2, 0.25) is 0 Å². The van der Waals surface area contributed by atoms with Crippen molar-refractivity contribution < 1.29 is 9.90 Å². The van der Waals surface area contributed by atoms with E-state index in [0.29, 0.717) is 10.8 Å². The molecule has 0 spiro atoms. The molecule has 1 N–H and O–H groups in total. The van der Waals surface area contributed by atoms with Crippen molar-refractivity contribution in [1.29, 1.82) is 0 Å². The van der Waals surface area contributed by atoms with Gasteiger partial charge in [-0.25, -0.2) is 9.47 Å². The molecule has 5 heteroatoms. The zero-order chi connectivity index (χ0) is 17.8. The fourth-order valence-electron chi connectivity index (χ4n) is 2.54. The summed E-state index contributed by atoms with van der Waals surface area (Å²) >= 11 is 0. The average Bonchev–Trinajstić information content (AvgIpc) is 2.62. The van der Waals surface area contributed by atoms with Crippen LogP contribution in [0.15, 0.2) is 76.3 Å². The molecular formula is C20H16N2O3. The summed E-state index contributed by atoms with van der Waals surface area (Å²) in [5.41, 5.74) is 1.54. The molecular weight excluding hydrogens is 316 g/mol. The lowest BCUT2D eigenvalue weighted by atomic mass is 10.1. The summed E-state index contributed by atoms with van der Waals surface area (Å²) in [6, 6.07) is 16.3. The van der Waals surface area contributed by atoms with E-state index in [9.17, 15) is 14.7 Å². The molecule has 0 aliphatic rings. The Morgan fingerprint density at radius 3 is 2.36 bits per heavy atom. The number of hydrogen-bond acceptors (Lipinski definition) is 3. The highest BCUT2D eigenvalue weighted by Gasteiger charge is 2.13. The second kappa shape index (κ2) is 6.97. The zero-order valence-corrected chi connectivity index (χ0v) is 13.6. The quantitative estimate of drug-likeness (QED) is 0.742. The highest BCUT2D eigenvalue weighted by atomic mass is 16.4. The molecule has 0 aliphatic heterocycles. The van der Waals surface area contributed by atoms with Crippen molar-refractivity contribution in [2.75, 3.05) is 0 Å². The fourth-order valence-corrected chi connectivity index (χ4v) is 2.54. The Hall–Kier alpha value is -3.47. The van der Waals surface area contributed by atoms with Crippen LogP contribution < -0.4 is 5.56 Å². The van der Waals surface area contributed by atoms with E-state index in [1.807, 2.05) is 43.3 Å². The first-order valence-corrected chi connectivity index (χ1v) is 7.71. The van der Waals surface area contributed by atoms with Crippen LogP contribution in [-0.2, 0) is 0 Å². The predicted octanol–water partition coefficient (Wildman–Crippen LogP) is 3.64. The van der Waals surface area contributed by atoms with Crippen molar-refractivity contribution in [3.8, 4) is 0 Å². The van der Waals surface area contributed by atoms with Gasteiger partial charge in [-0.05, 0) is 24.1 Å². The summed E-state index contributed by atoms with van der Waals surface area (Å²) in [7, 11) is 0. The van der Waals surface area contributed by atoms with Crippen molar-refractivity contribution in [3.05, 3.63) is 87.8 Å². The predicted molar refractivity (Wildman–Crippen MR) is 99.2 cm³/mol.